The lowest BCUT2D eigenvalue weighted by molar-refractivity contribution is -0.138. The predicted octanol–water partition coefficient (Wildman–Crippen LogP) is 4.40. The Hall–Kier alpha value is -2.27. The maximum atomic E-state index is 13.1. The number of hydrogen-bond acceptors (Lipinski definition) is 3. The normalized spacial score (nSPS) is 11.8. The summed E-state index contributed by atoms with van der Waals surface area (Å²) in [6, 6.07) is 14.0. The van der Waals surface area contributed by atoms with Crippen LogP contribution < -0.4 is 5.32 Å². The van der Waals surface area contributed by atoms with Gasteiger partial charge in [0.05, 0.1) is 5.75 Å². The highest BCUT2D eigenvalue weighted by molar-refractivity contribution is 7.99. The average molecular weight is 413 g/mol. The van der Waals surface area contributed by atoms with Crippen LogP contribution in [0.5, 0.6) is 0 Å². The maximum Gasteiger partial charge on any atom is 0.242 e. The van der Waals surface area contributed by atoms with E-state index in [2.05, 4.69) is 37.4 Å². The second kappa shape index (κ2) is 11.1. The van der Waals surface area contributed by atoms with E-state index in [9.17, 15) is 9.59 Å². The van der Waals surface area contributed by atoms with Crippen molar-refractivity contribution in [3.05, 3.63) is 70.3 Å². The minimum Gasteiger partial charge on any atom is -0.355 e. The molecule has 0 spiro atoms. The maximum absolute atomic E-state index is 13.1. The van der Waals surface area contributed by atoms with Gasteiger partial charge in [0.1, 0.15) is 6.04 Å². The van der Waals surface area contributed by atoms with E-state index >= 15 is 0 Å². The molecule has 1 atom stereocenters. The molecule has 0 heterocycles. The first-order valence-corrected chi connectivity index (χ1v) is 11.2. The molecule has 5 heteroatoms. The van der Waals surface area contributed by atoms with Crippen molar-refractivity contribution in [1.29, 1.82) is 0 Å². The summed E-state index contributed by atoms with van der Waals surface area (Å²) in [6.07, 6.45) is 0. The number of likely N-dealkylation sites (N-methyl/N-ethyl adjacent to an activating group) is 1. The largest absolute Gasteiger partial charge is 0.355 e. The fraction of sp³-hybridized carbons (Fsp3) is 0.417. The van der Waals surface area contributed by atoms with Crippen LogP contribution in [-0.4, -0.2) is 35.1 Å². The van der Waals surface area contributed by atoms with E-state index in [1.165, 1.54) is 16.7 Å². The number of carbonyl (C=O) groups is 2. The Bertz CT molecular complexity index is 830. The van der Waals surface area contributed by atoms with Gasteiger partial charge in [-0.15, -0.1) is 11.8 Å². The van der Waals surface area contributed by atoms with Crippen LogP contribution >= 0.6 is 11.8 Å². The molecule has 0 fully saturated rings. The Labute approximate surface area is 179 Å². The first kappa shape index (κ1) is 23.0. The summed E-state index contributed by atoms with van der Waals surface area (Å²) >= 11 is 1.59. The first-order chi connectivity index (χ1) is 13.8. The van der Waals surface area contributed by atoms with E-state index in [0.717, 1.165) is 16.9 Å². The zero-order valence-corrected chi connectivity index (χ0v) is 18.9. The summed E-state index contributed by atoms with van der Waals surface area (Å²) in [6.45, 7) is 10.9. The molecule has 0 unspecified atom stereocenters. The van der Waals surface area contributed by atoms with E-state index in [1.807, 2.05) is 38.1 Å². The fourth-order valence-corrected chi connectivity index (χ4v) is 4.21. The van der Waals surface area contributed by atoms with Gasteiger partial charge >= 0.3 is 0 Å². The standard InChI is InChI=1S/C24H32N2O2S/c1-6-25-24(28)20(5)26(14-22-10-8-7-9-19(22)4)23(27)16-29-15-21-12-17(2)11-18(3)13-21/h7-13,20H,6,14-16H2,1-5H3,(H,25,28)/t20-/m1/s1. The summed E-state index contributed by atoms with van der Waals surface area (Å²) in [5, 5.41) is 2.84. The Kier molecular flexibility index (Phi) is 8.77. The number of carbonyl (C=O) groups excluding carboxylic acids is 2. The molecule has 29 heavy (non-hydrogen) atoms. The van der Waals surface area contributed by atoms with Gasteiger partial charge in [0.2, 0.25) is 11.8 Å². The van der Waals surface area contributed by atoms with Crippen LogP contribution in [0.4, 0.5) is 0 Å². The van der Waals surface area contributed by atoms with Gasteiger partial charge in [0.15, 0.2) is 0 Å². The van der Waals surface area contributed by atoms with Gasteiger partial charge in [-0.05, 0) is 51.3 Å². The van der Waals surface area contributed by atoms with Crippen LogP contribution in [0.3, 0.4) is 0 Å². The molecule has 0 saturated heterocycles. The van der Waals surface area contributed by atoms with E-state index < -0.39 is 6.04 Å². The molecule has 2 aromatic carbocycles. The molecule has 1 N–H and O–H groups in total. The van der Waals surface area contributed by atoms with Gasteiger partial charge < -0.3 is 10.2 Å². The molecular formula is C24H32N2O2S. The zero-order chi connectivity index (χ0) is 21.4. The van der Waals surface area contributed by atoms with Crippen molar-refractivity contribution in [2.24, 2.45) is 0 Å². The van der Waals surface area contributed by atoms with Crippen molar-refractivity contribution in [1.82, 2.24) is 10.2 Å². The zero-order valence-electron chi connectivity index (χ0n) is 18.1. The summed E-state index contributed by atoms with van der Waals surface area (Å²) in [5.41, 5.74) is 5.88. The monoisotopic (exact) mass is 412 g/mol. The fourth-order valence-electron chi connectivity index (χ4n) is 3.37. The third-order valence-corrected chi connectivity index (χ3v) is 5.88. The van der Waals surface area contributed by atoms with Gasteiger partial charge in [-0.2, -0.15) is 0 Å². The number of amides is 2. The van der Waals surface area contributed by atoms with Crippen LogP contribution in [0.25, 0.3) is 0 Å². The first-order valence-electron chi connectivity index (χ1n) is 10.1. The highest BCUT2D eigenvalue weighted by atomic mass is 32.2. The summed E-state index contributed by atoms with van der Waals surface area (Å²) in [4.78, 5) is 27.2. The van der Waals surface area contributed by atoms with Crippen LogP contribution in [-0.2, 0) is 21.9 Å². The molecule has 0 aliphatic rings. The number of benzene rings is 2. The van der Waals surface area contributed by atoms with Crippen LogP contribution in [0.1, 0.15) is 41.7 Å². The second-order valence-electron chi connectivity index (χ2n) is 7.51. The third-order valence-electron chi connectivity index (χ3n) is 4.90. The van der Waals surface area contributed by atoms with Crippen LogP contribution in [0, 0.1) is 20.8 Å². The molecule has 0 aliphatic carbocycles. The van der Waals surface area contributed by atoms with Gasteiger partial charge in [-0.25, -0.2) is 0 Å². The van der Waals surface area contributed by atoms with Crippen molar-refractivity contribution >= 4 is 23.6 Å². The number of thioether (sulfide) groups is 1. The second-order valence-corrected chi connectivity index (χ2v) is 8.49. The lowest BCUT2D eigenvalue weighted by Crippen LogP contribution is -2.48. The van der Waals surface area contributed by atoms with E-state index in [1.54, 1.807) is 23.6 Å². The molecule has 156 valence electrons. The van der Waals surface area contributed by atoms with Gasteiger partial charge in [-0.1, -0.05) is 53.6 Å². The molecule has 0 saturated carbocycles. The Morgan fingerprint density at radius 3 is 2.34 bits per heavy atom. The SMILES string of the molecule is CCNC(=O)[C@@H](C)N(Cc1ccccc1C)C(=O)CSCc1cc(C)cc(C)c1. The molecular weight excluding hydrogens is 380 g/mol. The number of hydrogen-bond donors (Lipinski definition) is 1. The van der Waals surface area contributed by atoms with E-state index in [0.29, 0.717) is 18.8 Å². The predicted molar refractivity (Wildman–Crippen MR) is 122 cm³/mol. The van der Waals surface area contributed by atoms with Gasteiger partial charge in [0.25, 0.3) is 0 Å². The highest BCUT2D eigenvalue weighted by Gasteiger charge is 2.26. The lowest BCUT2D eigenvalue weighted by atomic mass is 10.1. The average Bonchev–Trinajstić information content (AvgIpc) is 2.66. The van der Waals surface area contributed by atoms with Crippen molar-refractivity contribution < 1.29 is 9.59 Å². The van der Waals surface area contributed by atoms with Crippen molar-refractivity contribution in [2.75, 3.05) is 12.3 Å². The Balaban J connectivity index is 2.08. The molecule has 0 aliphatic heterocycles. The quantitative estimate of drug-likeness (QED) is 0.664. The molecule has 4 nitrogen and oxygen atoms in total. The number of nitrogens with zero attached hydrogens (tertiary/aromatic N) is 1. The lowest BCUT2D eigenvalue weighted by Gasteiger charge is -2.29. The molecule has 0 bridgehead atoms. The minimum atomic E-state index is -0.510. The van der Waals surface area contributed by atoms with Gasteiger partial charge in [0, 0.05) is 18.8 Å². The smallest absolute Gasteiger partial charge is 0.242 e. The van der Waals surface area contributed by atoms with Crippen LogP contribution in [0.2, 0.25) is 0 Å². The summed E-state index contributed by atoms with van der Waals surface area (Å²) in [7, 11) is 0. The van der Waals surface area contributed by atoms with Crippen molar-refractivity contribution in [3.63, 3.8) is 0 Å². The Morgan fingerprint density at radius 1 is 1.07 bits per heavy atom. The topological polar surface area (TPSA) is 49.4 Å². The van der Waals surface area contributed by atoms with Crippen LogP contribution in [0.15, 0.2) is 42.5 Å². The third kappa shape index (κ3) is 6.93. The Morgan fingerprint density at radius 2 is 1.72 bits per heavy atom. The molecule has 0 radical (unpaired) electrons. The highest BCUT2D eigenvalue weighted by Crippen LogP contribution is 2.19. The van der Waals surface area contributed by atoms with Crippen molar-refractivity contribution in [2.45, 2.75) is 53.0 Å². The summed E-state index contributed by atoms with van der Waals surface area (Å²) in [5.74, 6) is 1.00. The number of rotatable bonds is 9. The van der Waals surface area contributed by atoms with Crippen molar-refractivity contribution in [3.8, 4) is 0 Å². The van der Waals surface area contributed by atoms with E-state index in [4.69, 9.17) is 0 Å². The molecule has 0 aromatic heterocycles. The van der Waals surface area contributed by atoms with E-state index in [-0.39, 0.29) is 11.8 Å². The minimum absolute atomic E-state index is 0.0126. The molecule has 2 amide bonds. The molecule has 2 rings (SSSR count). The number of nitrogens with one attached hydrogen (secondary N) is 1. The summed E-state index contributed by atoms with van der Waals surface area (Å²) < 4.78 is 0. The van der Waals surface area contributed by atoms with Gasteiger partial charge in [-0.3, -0.25) is 9.59 Å². The molecule has 2 aromatic rings. The number of aryl methyl sites for hydroxylation is 3.